The molecule has 182 valence electrons. The predicted molar refractivity (Wildman–Crippen MR) is 132 cm³/mol. The summed E-state index contributed by atoms with van der Waals surface area (Å²) in [5, 5.41) is 3.00. The maximum atomic E-state index is 14.0. The zero-order valence-corrected chi connectivity index (χ0v) is 20.8. The number of ketones is 1. The van der Waals surface area contributed by atoms with E-state index in [0.29, 0.717) is 25.9 Å². The van der Waals surface area contributed by atoms with Gasteiger partial charge in [0.2, 0.25) is 10.0 Å². The van der Waals surface area contributed by atoms with Gasteiger partial charge in [0.15, 0.2) is 5.78 Å². The number of urea groups is 1. The third-order valence-electron chi connectivity index (χ3n) is 7.70. The third-order valence-corrected chi connectivity index (χ3v) is 9.00. The summed E-state index contributed by atoms with van der Waals surface area (Å²) in [6, 6.07) is 18.9. The van der Waals surface area contributed by atoms with Crippen molar-refractivity contribution >= 4 is 21.8 Å². The Kier molecular flexibility index (Phi) is 6.82. The zero-order valence-electron chi connectivity index (χ0n) is 20.0. The van der Waals surface area contributed by atoms with Crippen LogP contribution in [0.25, 0.3) is 0 Å². The fourth-order valence-electron chi connectivity index (χ4n) is 5.44. The molecule has 4 rings (SSSR count). The van der Waals surface area contributed by atoms with Crippen LogP contribution in [0.5, 0.6) is 0 Å². The molecule has 2 aromatic carbocycles. The van der Waals surface area contributed by atoms with Gasteiger partial charge in [0.25, 0.3) is 0 Å². The van der Waals surface area contributed by atoms with E-state index in [1.165, 1.54) is 15.5 Å². The Hall–Kier alpha value is -2.71. The largest absolute Gasteiger partial charge is 0.328 e. The second-order valence-corrected chi connectivity index (χ2v) is 11.6. The van der Waals surface area contributed by atoms with Crippen LogP contribution in [0.3, 0.4) is 0 Å². The van der Waals surface area contributed by atoms with Crippen molar-refractivity contribution in [1.82, 2.24) is 14.5 Å². The van der Waals surface area contributed by atoms with Gasteiger partial charge < -0.3 is 10.2 Å². The standard InChI is InChI=1S/C26H33N3O4S/c1-26(24(27-25(31)28(26)2)21-12-8-5-9-13-21)23(30)18-22(19-10-6-4-7-11-19)20-14-16-29(17-15-20)34(3,32)33/h4-13,20,22,24H,14-18H2,1-3H3,(H,27,31)/t22?,24?,26-/m0/s1. The molecule has 0 bridgehead atoms. The number of hydrogen-bond acceptors (Lipinski definition) is 4. The number of nitrogens with zero attached hydrogens (tertiary/aromatic N) is 2. The minimum Gasteiger partial charge on any atom is -0.328 e. The number of Topliss-reactive ketones (excluding diaryl/α,β-unsaturated/α-hetero) is 1. The topological polar surface area (TPSA) is 86.8 Å². The molecule has 2 amide bonds. The molecule has 34 heavy (non-hydrogen) atoms. The van der Waals surface area contributed by atoms with Crippen molar-refractivity contribution in [3.8, 4) is 0 Å². The molecular formula is C26H33N3O4S. The highest BCUT2D eigenvalue weighted by molar-refractivity contribution is 7.88. The SMILES string of the molecule is CN1C(=O)NC(c2ccccc2)[C@]1(C)C(=O)CC(c1ccccc1)C1CCN(S(C)(=O)=O)CC1. The van der Waals surface area contributed by atoms with Gasteiger partial charge in [0.1, 0.15) is 5.54 Å². The van der Waals surface area contributed by atoms with Gasteiger partial charge in [-0.25, -0.2) is 17.5 Å². The monoisotopic (exact) mass is 483 g/mol. The number of sulfonamides is 1. The van der Waals surface area contributed by atoms with Crippen LogP contribution in [0.1, 0.15) is 49.3 Å². The van der Waals surface area contributed by atoms with Gasteiger partial charge in [0, 0.05) is 26.6 Å². The second kappa shape index (κ2) is 9.50. The van der Waals surface area contributed by atoms with Crippen LogP contribution in [0.4, 0.5) is 4.79 Å². The molecular weight excluding hydrogens is 450 g/mol. The van der Waals surface area contributed by atoms with Crippen molar-refractivity contribution in [2.75, 3.05) is 26.4 Å². The molecule has 2 aliphatic rings. The fraction of sp³-hybridized carbons (Fsp3) is 0.462. The molecule has 2 saturated heterocycles. The van der Waals surface area contributed by atoms with Crippen LogP contribution in [0.15, 0.2) is 60.7 Å². The lowest BCUT2D eigenvalue weighted by molar-refractivity contribution is -0.129. The van der Waals surface area contributed by atoms with Gasteiger partial charge >= 0.3 is 6.03 Å². The Morgan fingerprint density at radius 3 is 2.18 bits per heavy atom. The first-order chi connectivity index (χ1) is 16.1. The number of piperidine rings is 1. The molecule has 3 atom stereocenters. The summed E-state index contributed by atoms with van der Waals surface area (Å²) in [7, 11) is -1.54. The Morgan fingerprint density at radius 1 is 1.06 bits per heavy atom. The van der Waals surface area contributed by atoms with Gasteiger partial charge in [-0.05, 0) is 42.7 Å². The Labute approximate surface area is 202 Å². The third kappa shape index (κ3) is 4.61. The van der Waals surface area contributed by atoms with Crippen molar-refractivity contribution in [2.45, 2.75) is 43.7 Å². The number of amides is 2. The molecule has 0 radical (unpaired) electrons. The van der Waals surface area contributed by atoms with Crippen molar-refractivity contribution < 1.29 is 18.0 Å². The normalized spacial score (nSPS) is 25.2. The molecule has 2 heterocycles. The molecule has 0 spiro atoms. The van der Waals surface area contributed by atoms with Crippen LogP contribution >= 0.6 is 0 Å². The van der Waals surface area contributed by atoms with E-state index < -0.39 is 21.6 Å². The molecule has 2 fully saturated rings. The smallest absolute Gasteiger partial charge is 0.318 e. The van der Waals surface area contributed by atoms with E-state index in [1.807, 2.05) is 67.6 Å². The van der Waals surface area contributed by atoms with Gasteiger partial charge in [-0.15, -0.1) is 0 Å². The number of carbonyl (C=O) groups is 2. The van der Waals surface area contributed by atoms with E-state index >= 15 is 0 Å². The van der Waals surface area contributed by atoms with Crippen LogP contribution < -0.4 is 5.32 Å². The summed E-state index contributed by atoms with van der Waals surface area (Å²) in [5.41, 5.74) is 0.945. The molecule has 2 unspecified atom stereocenters. The lowest BCUT2D eigenvalue weighted by Crippen LogP contribution is -2.51. The van der Waals surface area contributed by atoms with E-state index in [9.17, 15) is 18.0 Å². The number of hydrogen-bond donors (Lipinski definition) is 1. The van der Waals surface area contributed by atoms with Crippen molar-refractivity contribution in [2.24, 2.45) is 5.92 Å². The molecule has 0 saturated carbocycles. The first-order valence-corrected chi connectivity index (χ1v) is 13.6. The van der Waals surface area contributed by atoms with Crippen LogP contribution in [-0.2, 0) is 14.8 Å². The minimum absolute atomic E-state index is 0.00148. The zero-order chi connectivity index (χ0) is 24.5. The first-order valence-electron chi connectivity index (χ1n) is 11.7. The number of carbonyl (C=O) groups excluding carboxylic acids is 2. The van der Waals surface area contributed by atoms with E-state index in [4.69, 9.17) is 0 Å². The molecule has 7 nitrogen and oxygen atoms in total. The molecule has 0 aromatic heterocycles. The van der Waals surface area contributed by atoms with Gasteiger partial charge in [-0.3, -0.25) is 4.79 Å². The number of benzene rings is 2. The van der Waals surface area contributed by atoms with Gasteiger partial charge in [0.05, 0.1) is 12.3 Å². The van der Waals surface area contributed by atoms with E-state index in [2.05, 4.69) is 5.32 Å². The Morgan fingerprint density at radius 2 is 1.62 bits per heavy atom. The average Bonchev–Trinajstić information content (AvgIpc) is 3.08. The highest BCUT2D eigenvalue weighted by Crippen LogP contribution is 2.42. The average molecular weight is 484 g/mol. The summed E-state index contributed by atoms with van der Waals surface area (Å²) >= 11 is 0. The minimum atomic E-state index is -3.22. The number of likely N-dealkylation sites (N-methyl/N-ethyl adjacent to an activating group) is 1. The van der Waals surface area contributed by atoms with E-state index in [0.717, 1.165) is 11.1 Å². The predicted octanol–water partition coefficient (Wildman–Crippen LogP) is 3.56. The molecule has 1 N–H and O–H groups in total. The first kappa shape index (κ1) is 24.4. The highest BCUT2D eigenvalue weighted by atomic mass is 32.2. The summed E-state index contributed by atoms with van der Waals surface area (Å²) in [5.74, 6) is 0.132. The van der Waals surface area contributed by atoms with Crippen LogP contribution in [0, 0.1) is 5.92 Å². The second-order valence-electron chi connectivity index (χ2n) is 9.64. The quantitative estimate of drug-likeness (QED) is 0.652. The van der Waals surface area contributed by atoms with E-state index in [-0.39, 0.29) is 30.1 Å². The lowest BCUT2D eigenvalue weighted by atomic mass is 9.73. The van der Waals surface area contributed by atoms with Crippen molar-refractivity contribution in [3.63, 3.8) is 0 Å². The molecule has 0 aliphatic carbocycles. The van der Waals surface area contributed by atoms with E-state index in [1.54, 1.807) is 7.05 Å². The van der Waals surface area contributed by atoms with Gasteiger partial charge in [-0.2, -0.15) is 0 Å². The molecule has 2 aromatic rings. The number of rotatable bonds is 7. The van der Waals surface area contributed by atoms with Crippen molar-refractivity contribution in [3.05, 3.63) is 71.8 Å². The molecule has 8 heteroatoms. The Bertz CT molecular complexity index is 1130. The highest BCUT2D eigenvalue weighted by Gasteiger charge is 2.53. The summed E-state index contributed by atoms with van der Waals surface area (Å²) in [6.45, 7) is 2.77. The molecule has 2 aliphatic heterocycles. The Balaban J connectivity index is 1.62. The number of nitrogens with one attached hydrogen (secondary N) is 1. The van der Waals surface area contributed by atoms with Crippen molar-refractivity contribution in [1.29, 1.82) is 0 Å². The van der Waals surface area contributed by atoms with Crippen LogP contribution in [-0.4, -0.2) is 61.4 Å². The summed E-state index contributed by atoms with van der Waals surface area (Å²) in [4.78, 5) is 28.2. The summed E-state index contributed by atoms with van der Waals surface area (Å²) in [6.07, 6.45) is 2.93. The van der Waals surface area contributed by atoms with Gasteiger partial charge in [-0.1, -0.05) is 60.7 Å². The lowest BCUT2D eigenvalue weighted by Gasteiger charge is -2.38. The maximum absolute atomic E-state index is 14.0. The maximum Gasteiger partial charge on any atom is 0.318 e. The summed E-state index contributed by atoms with van der Waals surface area (Å²) < 4.78 is 25.5. The fourth-order valence-corrected chi connectivity index (χ4v) is 6.31. The van der Waals surface area contributed by atoms with Crippen LogP contribution in [0.2, 0.25) is 0 Å².